The van der Waals surface area contributed by atoms with Gasteiger partial charge in [0, 0.05) is 6.42 Å². The van der Waals surface area contributed by atoms with E-state index in [1.807, 2.05) is 0 Å². The van der Waals surface area contributed by atoms with E-state index in [0.717, 1.165) is 0 Å². The minimum Gasteiger partial charge on any atom is -0.467 e. The van der Waals surface area contributed by atoms with Crippen molar-refractivity contribution in [2.75, 3.05) is 7.11 Å². The fraction of sp³-hybridized carbons (Fsp3) is 0.444. The lowest BCUT2D eigenvalue weighted by Crippen LogP contribution is -2.05. The standard InChI is InChI=1S/C9H11ClN2O2/c1-3-6(13)4-8-7(10)5-11-9(12-8)14-2/h5H,3-4H2,1-2H3. The summed E-state index contributed by atoms with van der Waals surface area (Å²) in [6.07, 6.45) is 2.14. The monoisotopic (exact) mass is 214 g/mol. The fourth-order valence-electron chi connectivity index (χ4n) is 0.918. The molecule has 0 bridgehead atoms. The molecule has 0 N–H and O–H groups in total. The predicted octanol–water partition coefficient (Wildman–Crippen LogP) is 1.66. The lowest BCUT2D eigenvalue weighted by atomic mass is 10.2. The normalized spacial score (nSPS) is 9.93. The highest BCUT2D eigenvalue weighted by Crippen LogP contribution is 2.15. The second-order valence-electron chi connectivity index (χ2n) is 2.72. The first-order valence-electron chi connectivity index (χ1n) is 4.24. The van der Waals surface area contributed by atoms with Crippen LogP contribution in [-0.4, -0.2) is 22.9 Å². The van der Waals surface area contributed by atoms with E-state index in [2.05, 4.69) is 9.97 Å². The zero-order valence-corrected chi connectivity index (χ0v) is 8.84. The quantitative estimate of drug-likeness (QED) is 0.765. The molecule has 76 valence electrons. The van der Waals surface area contributed by atoms with E-state index in [4.69, 9.17) is 16.3 Å². The molecule has 0 radical (unpaired) electrons. The Balaban J connectivity index is 2.89. The van der Waals surface area contributed by atoms with Gasteiger partial charge in [-0.3, -0.25) is 4.79 Å². The van der Waals surface area contributed by atoms with E-state index >= 15 is 0 Å². The van der Waals surface area contributed by atoms with Crippen molar-refractivity contribution in [3.8, 4) is 6.01 Å². The minimum absolute atomic E-state index is 0.0904. The summed E-state index contributed by atoms with van der Waals surface area (Å²) >= 11 is 5.82. The number of methoxy groups -OCH3 is 1. The van der Waals surface area contributed by atoms with Crippen molar-refractivity contribution in [1.82, 2.24) is 9.97 Å². The van der Waals surface area contributed by atoms with E-state index in [0.29, 0.717) is 17.1 Å². The van der Waals surface area contributed by atoms with Gasteiger partial charge in [-0.2, -0.15) is 4.98 Å². The van der Waals surface area contributed by atoms with Crippen LogP contribution in [0.2, 0.25) is 5.02 Å². The Kier molecular flexibility index (Phi) is 3.83. The van der Waals surface area contributed by atoms with Gasteiger partial charge in [0.25, 0.3) is 0 Å². The molecule has 0 unspecified atom stereocenters. The van der Waals surface area contributed by atoms with E-state index in [-0.39, 0.29) is 18.2 Å². The fourth-order valence-corrected chi connectivity index (χ4v) is 1.08. The molecule has 4 nitrogen and oxygen atoms in total. The Hall–Kier alpha value is -1.16. The van der Waals surface area contributed by atoms with E-state index in [9.17, 15) is 4.79 Å². The molecule has 0 saturated carbocycles. The van der Waals surface area contributed by atoms with Gasteiger partial charge in [0.05, 0.1) is 30.4 Å². The number of hydrogen-bond donors (Lipinski definition) is 0. The molecule has 0 aromatic carbocycles. The van der Waals surface area contributed by atoms with Crippen molar-refractivity contribution in [1.29, 1.82) is 0 Å². The summed E-state index contributed by atoms with van der Waals surface area (Å²) in [5.74, 6) is 0.0904. The van der Waals surface area contributed by atoms with E-state index in [1.165, 1.54) is 13.3 Å². The van der Waals surface area contributed by atoms with Gasteiger partial charge in [0.1, 0.15) is 5.78 Å². The van der Waals surface area contributed by atoms with Crippen LogP contribution in [0.4, 0.5) is 0 Å². The molecular formula is C9H11ClN2O2. The highest BCUT2D eigenvalue weighted by atomic mass is 35.5. The van der Waals surface area contributed by atoms with Crippen LogP contribution in [0.25, 0.3) is 0 Å². The summed E-state index contributed by atoms with van der Waals surface area (Å²) in [5.41, 5.74) is 0.519. The summed E-state index contributed by atoms with van der Waals surface area (Å²) in [5, 5.41) is 0.396. The SMILES string of the molecule is CCC(=O)Cc1nc(OC)ncc1Cl. The first kappa shape index (κ1) is 10.9. The van der Waals surface area contributed by atoms with Gasteiger partial charge in [-0.15, -0.1) is 0 Å². The van der Waals surface area contributed by atoms with Crippen LogP contribution in [0.15, 0.2) is 6.20 Å². The Labute approximate surface area is 87.3 Å². The molecule has 5 heteroatoms. The van der Waals surface area contributed by atoms with Crippen molar-refractivity contribution < 1.29 is 9.53 Å². The Bertz CT molecular complexity index is 342. The van der Waals surface area contributed by atoms with Gasteiger partial charge in [-0.25, -0.2) is 4.98 Å². The summed E-state index contributed by atoms with van der Waals surface area (Å²) in [6.45, 7) is 1.80. The summed E-state index contributed by atoms with van der Waals surface area (Å²) < 4.78 is 4.83. The van der Waals surface area contributed by atoms with Crippen LogP contribution in [0.1, 0.15) is 19.0 Å². The van der Waals surface area contributed by atoms with Gasteiger partial charge in [-0.1, -0.05) is 18.5 Å². The number of carbonyl (C=O) groups is 1. The molecule has 0 spiro atoms. The number of Topliss-reactive ketones (excluding diaryl/α,β-unsaturated/α-hetero) is 1. The van der Waals surface area contributed by atoms with Crippen molar-refractivity contribution in [2.45, 2.75) is 19.8 Å². The average molecular weight is 215 g/mol. The van der Waals surface area contributed by atoms with E-state index < -0.39 is 0 Å². The first-order chi connectivity index (χ1) is 6.67. The lowest BCUT2D eigenvalue weighted by molar-refractivity contribution is -0.118. The third-order valence-corrected chi connectivity index (χ3v) is 2.05. The molecule has 1 heterocycles. The van der Waals surface area contributed by atoms with Crippen LogP contribution >= 0.6 is 11.6 Å². The summed E-state index contributed by atoms with van der Waals surface area (Å²) in [4.78, 5) is 19.0. The van der Waals surface area contributed by atoms with E-state index in [1.54, 1.807) is 6.92 Å². The van der Waals surface area contributed by atoms with Crippen molar-refractivity contribution in [2.24, 2.45) is 0 Å². The van der Waals surface area contributed by atoms with Crippen LogP contribution in [0.5, 0.6) is 6.01 Å². The molecule has 0 atom stereocenters. The maximum Gasteiger partial charge on any atom is 0.316 e. The number of carbonyl (C=O) groups excluding carboxylic acids is 1. The van der Waals surface area contributed by atoms with Gasteiger partial charge in [-0.05, 0) is 0 Å². The number of aromatic nitrogens is 2. The molecule has 0 aliphatic rings. The van der Waals surface area contributed by atoms with Gasteiger partial charge in [0.2, 0.25) is 0 Å². The van der Waals surface area contributed by atoms with Crippen molar-refractivity contribution in [3.63, 3.8) is 0 Å². The molecule has 0 aliphatic heterocycles. The molecular weight excluding hydrogens is 204 g/mol. The van der Waals surface area contributed by atoms with Gasteiger partial charge >= 0.3 is 6.01 Å². The maximum atomic E-state index is 11.2. The Morgan fingerprint density at radius 3 is 2.93 bits per heavy atom. The van der Waals surface area contributed by atoms with Crippen molar-refractivity contribution in [3.05, 3.63) is 16.9 Å². The number of rotatable bonds is 4. The molecule has 0 fully saturated rings. The summed E-state index contributed by atoms with van der Waals surface area (Å²) in [7, 11) is 1.47. The molecule has 14 heavy (non-hydrogen) atoms. The van der Waals surface area contributed by atoms with Crippen LogP contribution < -0.4 is 4.74 Å². The second kappa shape index (κ2) is 4.91. The average Bonchev–Trinajstić information content (AvgIpc) is 2.21. The largest absolute Gasteiger partial charge is 0.467 e. The van der Waals surface area contributed by atoms with Crippen LogP contribution in [-0.2, 0) is 11.2 Å². The Morgan fingerprint density at radius 2 is 2.36 bits per heavy atom. The second-order valence-corrected chi connectivity index (χ2v) is 3.13. The lowest BCUT2D eigenvalue weighted by Gasteiger charge is -2.03. The zero-order chi connectivity index (χ0) is 10.6. The number of ketones is 1. The van der Waals surface area contributed by atoms with Crippen molar-refractivity contribution >= 4 is 17.4 Å². The number of ether oxygens (including phenoxy) is 1. The minimum atomic E-state index is 0.0904. The molecule has 0 amide bonds. The highest BCUT2D eigenvalue weighted by Gasteiger charge is 2.09. The Morgan fingerprint density at radius 1 is 1.64 bits per heavy atom. The smallest absolute Gasteiger partial charge is 0.316 e. The number of nitrogens with zero attached hydrogens (tertiary/aromatic N) is 2. The van der Waals surface area contributed by atoms with Gasteiger partial charge in [0.15, 0.2) is 0 Å². The maximum absolute atomic E-state index is 11.2. The molecule has 1 aromatic heterocycles. The third-order valence-electron chi connectivity index (χ3n) is 1.74. The first-order valence-corrected chi connectivity index (χ1v) is 4.62. The molecule has 1 rings (SSSR count). The van der Waals surface area contributed by atoms with Crippen LogP contribution in [0, 0.1) is 0 Å². The summed E-state index contributed by atoms with van der Waals surface area (Å²) in [6, 6.07) is 0.230. The highest BCUT2D eigenvalue weighted by molar-refractivity contribution is 6.31. The predicted molar refractivity (Wildman–Crippen MR) is 52.6 cm³/mol. The number of hydrogen-bond acceptors (Lipinski definition) is 4. The molecule has 0 saturated heterocycles. The third kappa shape index (κ3) is 2.67. The molecule has 1 aromatic rings. The number of halogens is 1. The zero-order valence-electron chi connectivity index (χ0n) is 8.08. The topological polar surface area (TPSA) is 52.1 Å². The van der Waals surface area contributed by atoms with Crippen LogP contribution in [0.3, 0.4) is 0 Å². The van der Waals surface area contributed by atoms with Gasteiger partial charge < -0.3 is 4.74 Å². The molecule has 0 aliphatic carbocycles.